The van der Waals surface area contributed by atoms with Crippen molar-refractivity contribution in [3.05, 3.63) is 0 Å². The van der Waals surface area contributed by atoms with E-state index in [-0.39, 0.29) is 5.91 Å². The lowest BCUT2D eigenvalue weighted by atomic mass is 9.80. The van der Waals surface area contributed by atoms with Crippen LogP contribution in [0.2, 0.25) is 0 Å². The maximum Gasteiger partial charge on any atom is 0.243 e. The molecule has 0 aromatic carbocycles. The van der Waals surface area contributed by atoms with Crippen LogP contribution in [0.3, 0.4) is 0 Å². The van der Waals surface area contributed by atoms with E-state index in [0.717, 1.165) is 44.5 Å². The lowest BCUT2D eigenvalue weighted by molar-refractivity contribution is -0.139. The van der Waals surface area contributed by atoms with Gasteiger partial charge in [0, 0.05) is 24.1 Å². The Morgan fingerprint density at radius 1 is 1.33 bits per heavy atom. The highest BCUT2D eigenvalue weighted by atomic mass is 32.2. The number of thioether (sulfide) groups is 1. The normalized spacial score (nSPS) is 28.2. The van der Waals surface area contributed by atoms with E-state index in [1.165, 1.54) is 12.8 Å². The molecular weight excluding hydrogens is 244 g/mol. The summed E-state index contributed by atoms with van der Waals surface area (Å²) in [6.45, 7) is 3.79. The molecule has 2 aliphatic rings. The monoisotopic (exact) mass is 266 g/mol. The number of hydrogen-bond donors (Lipinski definition) is 0. The second-order valence-electron chi connectivity index (χ2n) is 5.54. The van der Waals surface area contributed by atoms with Gasteiger partial charge in [0.1, 0.15) is 5.41 Å². The van der Waals surface area contributed by atoms with Gasteiger partial charge in [-0.25, -0.2) is 0 Å². The molecular formula is C14H22N2OS. The first-order chi connectivity index (χ1) is 8.68. The second-order valence-corrected chi connectivity index (χ2v) is 7.09. The zero-order valence-electron chi connectivity index (χ0n) is 11.2. The van der Waals surface area contributed by atoms with Crippen molar-refractivity contribution >= 4 is 17.7 Å². The van der Waals surface area contributed by atoms with Crippen molar-refractivity contribution in [3.63, 3.8) is 0 Å². The molecule has 0 aromatic heterocycles. The molecule has 100 valence electrons. The van der Waals surface area contributed by atoms with E-state index in [4.69, 9.17) is 0 Å². The van der Waals surface area contributed by atoms with Crippen LogP contribution in [0, 0.1) is 16.7 Å². The molecule has 1 saturated heterocycles. The topological polar surface area (TPSA) is 44.1 Å². The van der Waals surface area contributed by atoms with Gasteiger partial charge in [-0.3, -0.25) is 4.79 Å². The predicted molar refractivity (Wildman–Crippen MR) is 74.2 cm³/mol. The molecule has 0 radical (unpaired) electrons. The first kappa shape index (κ1) is 13.7. The zero-order valence-corrected chi connectivity index (χ0v) is 12.0. The summed E-state index contributed by atoms with van der Waals surface area (Å²) in [6, 6.07) is 2.37. The Kier molecular flexibility index (Phi) is 4.55. The third kappa shape index (κ3) is 2.83. The minimum absolute atomic E-state index is 0.110. The molecule has 0 N–H and O–H groups in total. The molecule has 0 bridgehead atoms. The molecule has 18 heavy (non-hydrogen) atoms. The number of hydrogen-bond acceptors (Lipinski definition) is 3. The Balaban J connectivity index is 2.11. The highest BCUT2D eigenvalue weighted by Crippen LogP contribution is 2.37. The highest BCUT2D eigenvalue weighted by molar-refractivity contribution is 7.99. The van der Waals surface area contributed by atoms with Gasteiger partial charge >= 0.3 is 0 Å². The molecule has 1 aliphatic heterocycles. The van der Waals surface area contributed by atoms with Crippen LogP contribution in [0.15, 0.2) is 0 Å². The molecule has 1 unspecified atom stereocenters. The van der Waals surface area contributed by atoms with Crippen molar-refractivity contribution in [2.45, 2.75) is 50.7 Å². The van der Waals surface area contributed by atoms with Crippen LogP contribution >= 0.6 is 11.8 Å². The molecule has 0 spiro atoms. The van der Waals surface area contributed by atoms with Crippen LogP contribution in [-0.2, 0) is 4.79 Å². The van der Waals surface area contributed by atoms with Gasteiger partial charge in [-0.05, 0) is 12.8 Å². The Bertz CT molecular complexity index is 342. The van der Waals surface area contributed by atoms with Gasteiger partial charge in [-0.15, -0.1) is 0 Å². The third-order valence-electron chi connectivity index (χ3n) is 4.11. The highest BCUT2D eigenvalue weighted by Gasteiger charge is 2.42. The maximum atomic E-state index is 12.7. The van der Waals surface area contributed by atoms with Crippen LogP contribution in [0.5, 0.6) is 0 Å². The van der Waals surface area contributed by atoms with E-state index in [9.17, 15) is 10.1 Å². The molecule has 1 atom stereocenters. The number of rotatable bonds is 1. The van der Waals surface area contributed by atoms with Crippen LogP contribution in [0.25, 0.3) is 0 Å². The Hall–Kier alpha value is -0.690. The van der Waals surface area contributed by atoms with E-state index in [1.54, 1.807) is 0 Å². The number of nitrogens with zero attached hydrogens (tertiary/aromatic N) is 2. The summed E-state index contributed by atoms with van der Waals surface area (Å²) in [7, 11) is 0. The predicted octanol–water partition coefficient (Wildman–Crippen LogP) is 2.81. The van der Waals surface area contributed by atoms with Gasteiger partial charge in [0.2, 0.25) is 5.91 Å². The SMILES string of the molecule is CC1CN(C(=O)C2(C#N)CCCCCC2)CCS1. The fourth-order valence-corrected chi connectivity index (χ4v) is 4.02. The van der Waals surface area contributed by atoms with Gasteiger partial charge in [0.25, 0.3) is 0 Å². The van der Waals surface area contributed by atoms with Crippen LogP contribution in [0.4, 0.5) is 0 Å². The number of carbonyl (C=O) groups is 1. The van der Waals surface area contributed by atoms with Crippen LogP contribution in [-0.4, -0.2) is 34.9 Å². The van der Waals surface area contributed by atoms with Crippen molar-refractivity contribution in [2.24, 2.45) is 5.41 Å². The van der Waals surface area contributed by atoms with Crippen molar-refractivity contribution < 1.29 is 4.79 Å². The van der Waals surface area contributed by atoms with Gasteiger partial charge in [-0.1, -0.05) is 32.6 Å². The Morgan fingerprint density at radius 2 is 2.00 bits per heavy atom. The summed E-state index contributed by atoms with van der Waals surface area (Å²) in [5.74, 6) is 1.12. The van der Waals surface area contributed by atoms with E-state index in [2.05, 4.69) is 13.0 Å². The lowest BCUT2D eigenvalue weighted by Crippen LogP contribution is -2.48. The largest absolute Gasteiger partial charge is 0.339 e. The molecule has 2 fully saturated rings. The van der Waals surface area contributed by atoms with Gasteiger partial charge in [0.05, 0.1) is 6.07 Å². The van der Waals surface area contributed by atoms with E-state index < -0.39 is 5.41 Å². The van der Waals surface area contributed by atoms with Gasteiger partial charge < -0.3 is 4.90 Å². The Labute approximate surface area is 114 Å². The zero-order chi connectivity index (χ0) is 13.0. The van der Waals surface area contributed by atoms with E-state index in [0.29, 0.717) is 5.25 Å². The smallest absolute Gasteiger partial charge is 0.243 e. The Morgan fingerprint density at radius 3 is 2.56 bits per heavy atom. The van der Waals surface area contributed by atoms with Crippen molar-refractivity contribution in [1.29, 1.82) is 5.26 Å². The number of nitriles is 1. The third-order valence-corrected chi connectivity index (χ3v) is 5.25. The lowest BCUT2D eigenvalue weighted by Gasteiger charge is -2.36. The fourth-order valence-electron chi connectivity index (χ4n) is 3.01. The standard InChI is InChI=1S/C14H22N2OS/c1-12-10-16(8-9-18-12)13(17)14(11-15)6-4-2-3-5-7-14/h12H,2-10H2,1H3. The van der Waals surface area contributed by atoms with E-state index >= 15 is 0 Å². The van der Waals surface area contributed by atoms with Crippen molar-refractivity contribution in [1.82, 2.24) is 4.90 Å². The minimum Gasteiger partial charge on any atom is -0.339 e. The second kappa shape index (κ2) is 5.97. The fraction of sp³-hybridized carbons (Fsp3) is 0.857. The summed E-state index contributed by atoms with van der Waals surface area (Å²) in [5.41, 5.74) is -0.710. The van der Waals surface area contributed by atoms with Gasteiger partial charge in [0.15, 0.2) is 0 Å². The molecule has 1 saturated carbocycles. The summed E-state index contributed by atoms with van der Waals surface area (Å²) in [6.07, 6.45) is 5.92. The molecule has 2 rings (SSSR count). The molecule has 0 aromatic rings. The quantitative estimate of drug-likeness (QED) is 0.685. The van der Waals surface area contributed by atoms with Crippen molar-refractivity contribution in [2.75, 3.05) is 18.8 Å². The molecule has 1 aliphatic carbocycles. The summed E-state index contributed by atoms with van der Waals surface area (Å²) < 4.78 is 0. The van der Waals surface area contributed by atoms with Gasteiger partial charge in [-0.2, -0.15) is 17.0 Å². The summed E-state index contributed by atoms with van der Waals surface area (Å²) >= 11 is 1.92. The minimum atomic E-state index is -0.710. The van der Waals surface area contributed by atoms with Crippen molar-refractivity contribution in [3.8, 4) is 6.07 Å². The molecule has 4 heteroatoms. The van der Waals surface area contributed by atoms with Crippen LogP contribution in [0.1, 0.15) is 45.4 Å². The maximum absolute atomic E-state index is 12.7. The molecule has 1 heterocycles. The summed E-state index contributed by atoms with van der Waals surface area (Å²) in [4.78, 5) is 14.6. The average Bonchev–Trinajstić information content (AvgIpc) is 2.64. The van der Waals surface area contributed by atoms with Crippen LogP contribution < -0.4 is 0 Å². The molecule has 3 nitrogen and oxygen atoms in total. The molecule has 1 amide bonds. The average molecular weight is 266 g/mol. The summed E-state index contributed by atoms with van der Waals surface area (Å²) in [5, 5.41) is 10.0. The van der Waals surface area contributed by atoms with E-state index in [1.807, 2.05) is 16.7 Å². The number of carbonyl (C=O) groups excluding carboxylic acids is 1. The first-order valence-electron chi connectivity index (χ1n) is 7.00. The number of amides is 1. The first-order valence-corrected chi connectivity index (χ1v) is 8.05.